The number of hydrogen-bond donors (Lipinski definition) is 1. The van der Waals surface area contributed by atoms with Crippen molar-refractivity contribution in [3.8, 4) is 0 Å². The van der Waals surface area contributed by atoms with E-state index in [1.165, 1.54) is 6.07 Å². The molecule has 2 aromatic rings. The molecule has 1 aromatic heterocycles. The molecule has 18 heavy (non-hydrogen) atoms. The summed E-state index contributed by atoms with van der Waals surface area (Å²) in [6.45, 7) is 1.98. The van der Waals surface area contributed by atoms with Gasteiger partial charge in [0.1, 0.15) is 5.82 Å². The van der Waals surface area contributed by atoms with Gasteiger partial charge < -0.3 is 10.6 Å². The van der Waals surface area contributed by atoms with E-state index in [1.807, 2.05) is 6.07 Å². The standard InChI is InChI=1S/C14H14FN3/c15-8-1-2-12-9(5-8)13(3-4-17-12)18-6-10-11(7-18)14(10)16/h1-5,10-11,14H,6-7,16H2. The highest BCUT2D eigenvalue weighted by Crippen LogP contribution is 2.46. The molecule has 0 bridgehead atoms. The minimum Gasteiger partial charge on any atom is -0.370 e. The van der Waals surface area contributed by atoms with Crippen LogP contribution in [0.15, 0.2) is 30.5 Å². The predicted octanol–water partition coefficient (Wildman–Crippen LogP) is 1.77. The van der Waals surface area contributed by atoms with E-state index >= 15 is 0 Å². The van der Waals surface area contributed by atoms with Crippen LogP contribution in [-0.2, 0) is 0 Å². The lowest BCUT2D eigenvalue weighted by Gasteiger charge is -2.22. The van der Waals surface area contributed by atoms with Crippen molar-refractivity contribution in [3.63, 3.8) is 0 Å². The monoisotopic (exact) mass is 243 g/mol. The molecular formula is C14H14FN3. The molecule has 4 heteroatoms. The Morgan fingerprint density at radius 3 is 2.78 bits per heavy atom. The number of benzene rings is 1. The van der Waals surface area contributed by atoms with E-state index in [9.17, 15) is 4.39 Å². The summed E-state index contributed by atoms with van der Waals surface area (Å²) in [5.74, 6) is 1.04. The molecule has 1 saturated heterocycles. The Balaban J connectivity index is 1.78. The van der Waals surface area contributed by atoms with Crippen molar-refractivity contribution in [2.45, 2.75) is 6.04 Å². The number of piperidine rings is 1. The van der Waals surface area contributed by atoms with Crippen molar-refractivity contribution in [1.29, 1.82) is 0 Å². The number of anilines is 1. The van der Waals surface area contributed by atoms with Crippen LogP contribution in [0.1, 0.15) is 0 Å². The van der Waals surface area contributed by atoms with Gasteiger partial charge >= 0.3 is 0 Å². The normalized spacial score (nSPS) is 29.7. The van der Waals surface area contributed by atoms with Crippen LogP contribution in [0.2, 0.25) is 0 Å². The number of aromatic nitrogens is 1. The van der Waals surface area contributed by atoms with Crippen LogP contribution in [0.5, 0.6) is 0 Å². The third kappa shape index (κ3) is 1.35. The highest BCUT2D eigenvalue weighted by Gasteiger charge is 2.53. The molecule has 2 atom stereocenters. The van der Waals surface area contributed by atoms with Crippen LogP contribution >= 0.6 is 0 Å². The molecule has 2 N–H and O–H groups in total. The number of hydrogen-bond acceptors (Lipinski definition) is 3. The van der Waals surface area contributed by atoms with E-state index in [-0.39, 0.29) is 5.82 Å². The third-order valence-corrected chi connectivity index (χ3v) is 4.28. The summed E-state index contributed by atoms with van der Waals surface area (Å²) in [6.07, 6.45) is 1.79. The van der Waals surface area contributed by atoms with Gasteiger partial charge in [-0.1, -0.05) is 0 Å². The van der Waals surface area contributed by atoms with Gasteiger partial charge in [-0.05, 0) is 36.1 Å². The van der Waals surface area contributed by atoms with Crippen molar-refractivity contribution in [2.75, 3.05) is 18.0 Å². The highest BCUT2D eigenvalue weighted by molar-refractivity contribution is 5.91. The Bertz CT molecular complexity index is 615. The Hall–Kier alpha value is -1.68. The molecule has 3 nitrogen and oxygen atoms in total. The summed E-state index contributed by atoms with van der Waals surface area (Å²) in [4.78, 5) is 6.59. The van der Waals surface area contributed by atoms with Gasteiger partial charge in [-0.25, -0.2) is 4.39 Å². The number of halogens is 1. The number of nitrogens with two attached hydrogens (primary N) is 1. The average Bonchev–Trinajstić information content (AvgIpc) is 2.81. The van der Waals surface area contributed by atoms with Gasteiger partial charge in [0.2, 0.25) is 0 Å². The van der Waals surface area contributed by atoms with E-state index in [0.717, 1.165) is 29.7 Å². The quantitative estimate of drug-likeness (QED) is 0.830. The molecule has 0 radical (unpaired) electrons. The minimum atomic E-state index is -0.210. The second-order valence-corrected chi connectivity index (χ2v) is 5.30. The van der Waals surface area contributed by atoms with Crippen LogP contribution < -0.4 is 10.6 Å². The Kier molecular flexibility index (Phi) is 1.95. The first-order chi connectivity index (χ1) is 8.74. The zero-order valence-corrected chi connectivity index (χ0v) is 9.88. The molecule has 1 saturated carbocycles. The molecule has 0 amide bonds. The maximum Gasteiger partial charge on any atom is 0.124 e. The van der Waals surface area contributed by atoms with Crippen LogP contribution in [-0.4, -0.2) is 24.1 Å². The average molecular weight is 243 g/mol. The summed E-state index contributed by atoms with van der Waals surface area (Å²) in [5, 5.41) is 0.896. The SMILES string of the molecule is NC1C2CN(c3ccnc4ccc(F)cc34)CC12. The maximum absolute atomic E-state index is 13.4. The Morgan fingerprint density at radius 1 is 1.22 bits per heavy atom. The number of fused-ring (bicyclic) bond motifs is 2. The summed E-state index contributed by atoms with van der Waals surface area (Å²) in [7, 11) is 0. The molecule has 2 heterocycles. The Morgan fingerprint density at radius 2 is 2.00 bits per heavy atom. The number of nitrogens with zero attached hydrogens (tertiary/aromatic N) is 2. The lowest BCUT2D eigenvalue weighted by atomic mass is 10.1. The smallest absolute Gasteiger partial charge is 0.124 e. The molecule has 92 valence electrons. The fraction of sp³-hybridized carbons (Fsp3) is 0.357. The molecule has 1 aliphatic heterocycles. The van der Waals surface area contributed by atoms with Crippen molar-refractivity contribution >= 4 is 16.6 Å². The molecule has 2 fully saturated rings. The number of rotatable bonds is 1. The van der Waals surface area contributed by atoms with Crippen molar-refractivity contribution in [3.05, 3.63) is 36.3 Å². The van der Waals surface area contributed by atoms with Gasteiger partial charge in [0.15, 0.2) is 0 Å². The van der Waals surface area contributed by atoms with E-state index in [0.29, 0.717) is 17.9 Å². The second kappa shape index (κ2) is 3.42. The molecular weight excluding hydrogens is 229 g/mol. The summed E-state index contributed by atoms with van der Waals surface area (Å²) in [6, 6.07) is 7.11. The highest BCUT2D eigenvalue weighted by atomic mass is 19.1. The topological polar surface area (TPSA) is 42.1 Å². The second-order valence-electron chi connectivity index (χ2n) is 5.30. The molecule has 2 unspecified atom stereocenters. The maximum atomic E-state index is 13.4. The molecule has 2 aliphatic rings. The first kappa shape index (κ1) is 10.3. The van der Waals surface area contributed by atoms with Gasteiger partial charge in [0, 0.05) is 36.4 Å². The van der Waals surface area contributed by atoms with E-state index in [2.05, 4.69) is 9.88 Å². The van der Waals surface area contributed by atoms with Gasteiger partial charge in [0.25, 0.3) is 0 Å². The summed E-state index contributed by atoms with van der Waals surface area (Å²) in [5.41, 5.74) is 7.88. The van der Waals surface area contributed by atoms with Crippen LogP contribution in [0.25, 0.3) is 10.9 Å². The summed E-state index contributed by atoms with van der Waals surface area (Å²) < 4.78 is 13.4. The van der Waals surface area contributed by atoms with Gasteiger partial charge in [0.05, 0.1) is 5.52 Å². The summed E-state index contributed by atoms with van der Waals surface area (Å²) >= 11 is 0. The van der Waals surface area contributed by atoms with Crippen LogP contribution in [0.4, 0.5) is 10.1 Å². The molecule has 1 aliphatic carbocycles. The van der Waals surface area contributed by atoms with Crippen LogP contribution in [0.3, 0.4) is 0 Å². The van der Waals surface area contributed by atoms with Gasteiger partial charge in [-0.2, -0.15) is 0 Å². The number of pyridine rings is 1. The molecule has 1 aromatic carbocycles. The van der Waals surface area contributed by atoms with Gasteiger partial charge in [-0.15, -0.1) is 0 Å². The Labute approximate surface area is 104 Å². The van der Waals surface area contributed by atoms with E-state index in [4.69, 9.17) is 5.73 Å². The fourth-order valence-electron chi connectivity index (χ4n) is 3.15. The van der Waals surface area contributed by atoms with E-state index < -0.39 is 0 Å². The molecule has 4 rings (SSSR count). The third-order valence-electron chi connectivity index (χ3n) is 4.28. The predicted molar refractivity (Wildman–Crippen MR) is 68.9 cm³/mol. The minimum absolute atomic E-state index is 0.210. The van der Waals surface area contributed by atoms with E-state index in [1.54, 1.807) is 18.3 Å². The zero-order chi connectivity index (χ0) is 12.3. The first-order valence-electron chi connectivity index (χ1n) is 6.29. The first-order valence-corrected chi connectivity index (χ1v) is 6.29. The lowest BCUT2D eigenvalue weighted by molar-refractivity contribution is 0.629. The fourth-order valence-corrected chi connectivity index (χ4v) is 3.15. The zero-order valence-electron chi connectivity index (χ0n) is 9.88. The molecule has 0 spiro atoms. The van der Waals surface area contributed by atoms with Crippen molar-refractivity contribution in [1.82, 2.24) is 4.98 Å². The van der Waals surface area contributed by atoms with Crippen molar-refractivity contribution in [2.24, 2.45) is 17.6 Å². The lowest BCUT2D eigenvalue weighted by Crippen LogP contribution is -2.28. The van der Waals surface area contributed by atoms with Crippen molar-refractivity contribution < 1.29 is 4.39 Å². The van der Waals surface area contributed by atoms with Crippen LogP contribution in [0, 0.1) is 17.7 Å². The van der Waals surface area contributed by atoms with Gasteiger partial charge in [-0.3, -0.25) is 4.98 Å². The largest absolute Gasteiger partial charge is 0.370 e.